The van der Waals surface area contributed by atoms with Crippen LogP contribution in [-0.2, 0) is 17.7 Å². The fourth-order valence-electron chi connectivity index (χ4n) is 6.29. The van der Waals surface area contributed by atoms with Gasteiger partial charge in [0.2, 0.25) is 0 Å². The zero-order chi connectivity index (χ0) is 29.9. The van der Waals surface area contributed by atoms with Crippen LogP contribution in [-0.4, -0.2) is 62.9 Å². The smallest absolute Gasteiger partial charge is 0.253 e. The van der Waals surface area contributed by atoms with Crippen LogP contribution in [0.15, 0.2) is 53.6 Å². The molecule has 2 aliphatic heterocycles. The van der Waals surface area contributed by atoms with E-state index < -0.39 is 0 Å². The van der Waals surface area contributed by atoms with Crippen LogP contribution in [0.5, 0.6) is 0 Å². The first-order valence-electron chi connectivity index (χ1n) is 15.3. The van der Waals surface area contributed by atoms with Crippen LogP contribution in [0, 0.1) is 6.92 Å². The number of rotatable bonds is 8. The second-order valence-corrected chi connectivity index (χ2v) is 12.9. The summed E-state index contributed by atoms with van der Waals surface area (Å²) in [5.41, 5.74) is 5.83. The highest BCUT2D eigenvalue weighted by Crippen LogP contribution is 2.33. The molecule has 0 aliphatic carbocycles. The van der Waals surface area contributed by atoms with E-state index in [1.165, 1.54) is 0 Å². The monoisotopic (exact) mass is 694 g/mol. The summed E-state index contributed by atoms with van der Waals surface area (Å²) in [7, 11) is 0. The quantitative estimate of drug-likeness (QED) is 0.190. The standard InChI is InChI=1S/C33H39IN6O3/c1-3-4-23-17-22(2)37-33(42)29(23)21-36-32(41)28-18-25(19-30-27(28)7-10-40(30)26-8-15-43-16-9-26)24-5-6-31(35-20-24)38-11-13-39(34)14-12-38/h5-7,10,17-20,26H,3-4,8-9,11-16,21H2,1-2H3,(H,36,41)(H,37,42). The second kappa shape index (κ2) is 13.2. The van der Waals surface area contributed by atoms with Gasteiger partial charge in [-0.1, -0.05) is 13.3 Å². The Bertz CT molecular complexity index is 1650. The predicted molar refractivity (Wildman–Crippen MR) is 179 cm³/mol. The lowest BCUT2D eigenvalue weighted by Crippen LogP contribution is -2.42. The van der Waals surface area contributed by atoms with Crippen LogP contribution in [0.3, 0.4) is 0 Å². The number of aromatic amines is 1. The van der Waals surface area contributed by atoms with Crippen LogP contribution in [0.4, 0.5) is 5.82 Å². The van der Waals surface area contributed by atoms with Gasteiger partial charge in [-0.2, -0.15) is 0 Å². The lowest BCUT2D eigenvalue weighted by molar-refractivity contribution is 0.0707. The number of benzene rings is 1. The van der Waals surface area contributed by atoms with Crippen LogP contribution in [0.1, 0.15) is 59.4 Å². The molecule has 10 heteroatoms. The number of halogens is 1. The number of H-pyrrole nitrogens is 1. The molecule has 0 radical (unpaired) electrons. The number of amides is 1. The number of ether oxygens (including phenoxy) is 1. The third-order valence-electron chi connectivity index (χ3n) is 8.61. The Morgan fingerprint density at radius 3 is 2.60 bits per heavy atom. The van der Waals surface area contributed by atoms with Crippen molar-refractivity contribution in [2.45, 2.75) is 52.1 Å². The van der Waals surface area contributed by atoms with E-state index in [-0.39, 0.29) is 18.0 Å². The molecular weight excluding hydrogens is 655 g/mol. The Morgan fingerprint density at radius 2 is 1.88 bits per heavy atom. The van der Waals surface area contributed by atoms with Crippen molar-refractivity contribution in [2.75, 3.05) is 44.3 Å². The highest BCUT2D eigenvalue weighted by Gasteiger charge is 2.22. The van der Waals surface area contributed by atoms with Gasteiger partial charge in [0.05, 0.1) is 0 Å². The van der Waals surface area contributed by atoms with Crippen LogP contribution >= 0.6 is 22.9 Å². The molecule has 4 aromatic rings. The van der Waals surface area contributed by atoms with Crippen molar-refractivity contribution in [2.24, 2.45) is 0 Å². The molecule has 0 saturated carbocycles. The fraction of sp³-hybridized carbons (Fsp3) is 0.424. The zero-order valence-electron chi connectivity index (χ0n) is 24.9. The number of aryl methyl sites for hydroxylation is 2. The summed E-state index contributed by atoms with van der Waals surface area (Å²) in [6, 6.07) is 12.7. The summed E-state index contributed by atoms with van der Waals surface area (Å²) < 4.78 is 10.2. The molecule has 43 heavy (non-hydrogen) atoms. The molecule has 0 bridgehead atoms. The Morgan fingerprint density at radius 1 is 1.09 bits per heavy atom. The van der Waals surface area contributed by atoms with Crippen molar-refractivity contribution in [1.82, 2.24) is 23.0 Å². The maximum atomic E-state index is 13.9. The van der Waals surface area contributed by atoms with E-state index in [0.717, 1.165) is 104 Å². The topological polar surface area (TPSA) is 95.5 Å². The minimum absolute atomic E-state index is 0.139. The summed E-state index contributed by atoms with van der Waals surface area (Å²) in [6.45, 7) is 9.56. The number of nitrogens with one attached hydrogen (secondary N) is 2. The highest BCUT2D eigenvalue weighted by molar-refractivity contribution is 14.1. The number of carbonyl (C=O) groups is 1. The molecule has 226 valence electrons. The van der Waals surface area contributed by atoms with E-state index in [2.05, 4.69) is 77.1 Å². The third-order valence-corrected chi connectivity index (χ3v) is 9.57. The summed E-state index contributed by atoms with van der Waals surface area (Å²) >= 11 is 2.38. The molecule has 5 heterocycles. The van der Waals surface area contributed by atoms with Crippen LogP contribution in [0.25, 0.3) is 22.0 Å². The molecule has 1 amide bonds. The molecule has 2 fully saturated rings. The first-order valence-corrected chi connectivity index (χ1v) is 16.2. The molecule has 0 spiro atoms. The van der Waals surface area contributed by atoms with Gasteiger partial charge in [0, 0.05) is 121 Å². The van der Waals surface area contributed by atoms with Gasteiger partial charge in [-0.05, 0) is 73.7 Å². The number of nitrogens with zero attached hydrogens (tertiary/aromatic N) is 4. The Balaban J connectivity index is 1.34. The van der Waals surface area contributed by atoms with Crippen molar-refractivity contribution >= 4 is 45.5 Å². The molecular formula is C33H39IN6O3. The SMILES string of the molecule is CCCc1cc(C)[nH]c(=O)c1CNC(=O)c1cc(-c2ccc(N3CCN(I)CC3)nc2)cc2c1ccn2C1CCOCC1. The normalized spacial score (nSPS) is 16.6. The van der Waals surface area contributed by atoms with Crippen molar-refractivity contribution < 1.29 is 9.53 Å². The number of aromatic nitrogens is 3. The number of pyridine rings is 2. The third kappa shape index (κ3) is 6.51. The van der Waals surface area contributed by atoms with Gasteiger partial charge in [0.25, 0.3) is 11.5 Å². The van der Waals surface area contributed by atoms with Gasteiger partial charge in [0.1, 0.15) is 5.82 Å². The highest BCUT2D eigenvalue weighted by atomic mass is 127. The second-order valence-electron chi connectivity index (χ2n) is 11.5. The predicted octanol–water partition coefficient (Wildman–Crippen LogP) is 5.41. The summed E-state index contributed by atoms with van der Waals surface area (Å²) in [4.78, 5) is 36.7. The first-order chi connectivity index (χ1) is 20.9. The number of hydrogen-bond acceptors (Lipinski definition) is 6. The van der Waals surface area contributed by atoms with E-state index in [4.69, 9.17) is 9.72 Å². The first kappa shape index (κ1) is 29.8. The lowest BCUT2D eigenvalue weighted by Gasteiger charge is -2.32. The Labute approximate surface area is 266 Å². The maximum Gasteiger partial charge on any atom is 0.253 e. The van der Waals surface area contributed by atoms with Crippen molar-refractivity contribution in [3.05, 3.63) is 81.5 Å². The van der Waals surface area contributed by atoms with E-state index in [9.17, 15) is 9.59 Å². The van der Waals surface area contributed by atoms with Gasteiger partial charge < -0.3 is 24.5 Å². The van der Waals surface area contributed by atoms with Crippen LogP contribution in [0.2, 0.25) is 0 Å². The number of hydrogen-bond donors (Lipinski definition) is 2. The number of fused-ring (bicyclic) bond motifs is 1. The van der Waals surface area contributed by atoms with Gasteiger partial charge in [-0.25, -0.2) is 8.10 Å². The molecule has 2 N–H and O–H groups in total. The largest absolute Gasteiger partial charge is 0.381 e. The zero-order valence-corrected chi connectivity index (χ0v) is 27.0. The molecule has 0 unspecified atom stereocenters. The van der Waals surface area contributed by atoms with Gasteiger partial charge in [-0.15, -0.1) is 0 Å². The molecule has 0 atom stereocenters. The van der Waals surface area contributed by atoms with Crippen molar-refractivity contribution in [3.8, 4) is 11.1 Å². The molecule has 9 nitrogen and oxygen atoms in total. The van der Waals surface area contributed by atoms with Gasteiger partial charge >= 0.3 is 0 Å². The number of anilines is 1. The summed E-state index contributed by atoms with van der Waals surface area (Å²) in [5.74, 6) is 0.782. The fourth-order valence-corrected chi connectivity index (χ4v) is 6.72. The average Bonchev–Trinajstić information content (AvgIpc) is 3.45. The molecule has 1 aromatic carbocycles. The van der Waals surface area contributed by atoms with Gasteiger partial charge in [0.15, 0.2) is 0 Å². The summed E-state index contributed by atoms with van der Waals surface area (Å²) in [6.07, 6.45) is 7.60. The van der Waals surface area contributed by atoms with E-state index >= 15 is 0 Å². The lowest BCUT2D eigenvalue weighted by atomic mass is 9.99. The molecule has 6 rings (SSSR count). The van der Waals surface area contributed by atoms with Gasteiger partial charge in [-0.3, -0.25) is 9.59 Å². The van der Waals surface area contributed by atoms with E-state index in [1.54, 1.807) is 0 Å². The summed E-state index contributed by atoms with van der Waals surface area (Å²) in [5, 5.41) is 3.98. The maximum absolute atomic E-state index is 13.9. The van der Waals surface area contributed by atoms with Crippen molar-refractivity contribution in [3.63, 3.8) is 0 Å². The van der Waals surface area contributed by atoms with E-state index in [1.807, 2.05) is 31.3 Å². The molecule has 3 aromatic heterocycles. The Hall–Kier alpha value is -3.22. The minimum Gasteiger partial charge on any atom is -0.381 e. The van der Waals surface area contributed by atoms with Crippen molar-refractivity contribution in [1.29, 1.82) is 0 Å². The van der Waals surface area contributed by atoms with E-state index in [0.29, 0.717) is 17.2 Å². The molecule has 2 aliphatic rings. The minimum atomic E-state index is -0.194. The van der Waals surface area contributed by atoms with Crippen LogP contribution < -0.4 is 15.8 Å². The molecule has 2 saturated heterocycles. The number of piperazine rings is 1. The number of carbonyl (C=O) groups excluding carboxylic acids is 1. The average molecular weight is 695 g/mol. The Kier molecular flexibility index (Phi) is 9.15.